The molecule has 3 fully saturated rings. The first kappa shape index (κ1) is 16.7. The van der Waals surface area contributed by atoms with Crippen LogP contribution in [0.25, 0.3) is 0 Å². The van der Waals surface area contributed by atoms with E-state index in [0.717, 1.165) is 45.7 Å². The maximum atomic E-state index is 12.9. The molecule has 0 saturated carbocycles. The standard InChI is InChI=1S/C18H27N5O2/c1-21-6-4-18(13-21)3-2-5-23(14-18)16(24)15-11-19-17(20-12-15)22-7-9-25-10-8-22/h11-12H,2-10,13-14H2,1H3. The first-order valence-electron chi connectivity index (χ1n) is 9.28. The number of hydrogen-bond acceptors (Lipinski definition) is 6. The van der Waals surface area contributed by atoms with Gasteiger partial charge in [0, 0.05) is 50.5 Å². The molecule has 0 radical (unpaired) electrons. The van der Waals surface area contributed by atoms with E-state index in [0.29, 0.717) is 24.7 Å². The Labute approximate surface area is 149 Å². The Bertz CT molecular complexity index is 612. The van der Waals surface area contributed by atoms with Gasteiger partial charge in [0.05, 0.1) is 18.8 Å². The van der Waals surface area contributed by atoms with E-state index in [1.807, 2.05) is 4.90 Å². The van der Waals surface area contributed by atoms with E-state index in [1.54, 1.807) is 12.4 Å². The van der Waals surface area contributed by atoms with Gasteiger partial charge in [-0.3, -0.25) is 4.79 Å². The average molecular weight is 345 g/mol. The van der Waals surface area contributed by atoms with Crippen molar-refractivity contribution in [3.8, 4) is 0 Å². The first-order valence-corrected chi connectivity index (χ1v) is 9.28. The van der Waals surface area contributed by atoms with Crippen LogP contribution in [-0.4, -0.2) is 85.2 Å². The largest absolute Gasteiger partial charge is 0.378 e. The third-order valence-electron chi connectivity index (χ3n) is 5.76. The van der Waals surface area contributed by atoms with Gasteiger partial charge in [0.2, 0.25) is 5.95 Å². The van der Waals surface area contributed by atoms with Gasteiger partial charge in [-0.25, -0.2) is 9.97 Å². The van der Waals surface area contributed by atoms with Crippen molar-refractivity contribution < 1.29 is 9.53 Å². The van der Waals surface area contributed by atoms with E-state index >= 15 is 0 Å². The zero-order chi connectivity index (χ0) is 17.3. The number of amides is 1. The number of likely N-dealkylation sites (tertiary alicyclic amines) is 2. The fraction of sp³-hybridized carbons (Fsp3) is 0.722. The zero-order valence-corrected chi connectivity index (χ0v) is 15.0. The summed E-state index contributed by atoms with van der Waals surface area (Å²) in [5, 5.41) is 0. The highest BCUT2D eigenvalue weighted by Crippen LogP contribution is 2.38. The number of aromatic nitrogens is 2. The third-order valence-corrected chi connectivity index (χ3v) is 5.76. The number of nitrogens with zero attached hydrogens (tertiary/aromatic N) is 5. The Hall–Kier alpha value is -1.73. The molecule has 136 valence electrons. The van der Waals surface area contributed by atoms with E-state index in [9.17, 15) is 4.79 Å². The fourth-order valence-corrected chi connectivity index (χ4v) is 4.41. The van der Waals surface area contributed by atoms with Crippen LogP contribution in [0.3, 0.4) is 0 Å². The molecular formula is C18H27N5O2. The lowest BCUT2D eigenvalue weighted by Crippen LogP contribution is -2.47. The van der Waals surface area contributed by atoms with Crippen LogP contribution in [0, 0.1) is 5.41 Å². The van der Waals surface area contributed by atoms with E-state index in [4.69, 9.17) is 4.74 Å². The van der Waals surface area contributed by atoms with E-state index in [-0.39, 0.29) is 11.3 Å². The fourth-order valence-electron chi connectivity index (χ4n) is 4.41. The molecule has 25 heavy (non-hydrogen) atoms. The van der Waals surface area contributed by atoms with Crippen LogP contribution in [0.4, 0.5) is 5.95 Å². The lowest BCUT2D eigenvalue weighted by atomic mass is 9.79. The van der Waals surface area contributed by atoms with E-state index < -0.39 is 0 Å². The lowest BCUT2D eigenvalue weighted by Gasteiger charge is -2.40. The highest BCUT2D eigenvalue weighted by Gasteiger charge is 2.41. The predicted molar refractivity (Wildman–Crippen MR) is 94.7 cm³/mol. The molecule has 1 unspecified atom stereocenters. The Kier molecular flexibility index (Phi) is 4.60. The molecule has 7 heteroatoms. The summed E-state index contributed by atoms with van der Waals surface area (Å²) in [5.74, 6) is 0.759. The molecule has 4 rings (SSSR count). The van der Waals surface area contributed by atoms with Crippen molar-refractivity contribution in [3.05, 3.63) is 18.0 Å². The van der Waals surface area contributed by atoms with Crippen molar-refractivity contribution in [1.29, 1.82) is 0 Å². The van der Waals surface area contributed by atoms with Crippen LogP contribution in [-0.2, 0) is 4.74 Å². The molecule has 7 nitrogen and oxygen atoms in total. The minimum absolute atomic E-state index is 0.0714. The molecule has 1 aromatic heterocycles. The molecule has 0 aromatic carbocycles. The SMILES string of the molecule is CN1CCC2(CCCN(C(=O)c3cnc(N4CCOCC4)nc3)C2)C1. The van der Waals surface area contributed by atoms with Gasteiger partial charge in [-0.05, 0) is 32.9 Å². The Morgan fingerprint density at radius 2 is 1.84 bits per heavy atom. The number of ether oxygens (including phenoxy) is 1. The molecular weight excluding hydrogens is 318 g/mol. The van der Waals surface area contributed by atoms with Crippen molar-refractivity contribution in [2.75, 3.05) is 64.4 Å². The molecule has 1 atom stereocenters. The minimum atomic E-state index is 0.0714. The lowest BCUT2D eigenvalue weighted by molar-refractivity contribution is 0.0534. The number of hydrogen-bond donors (Lipinski definition) is 0. The van der Waals surface area contributed by atoms with Crippen LogP contribution >= 0.6 is 0 Å². The quantitative estimate of drug-likeness (QED) is 0.793. The van der Waals surface area contributed by atoms with Crippen molar-refractivity contribution in [2.24, 2.45) is 5.41 Å². The Morgan fingerprint density at radius 1 is 1.08 bits per heavy atom. The van der Waals surface area contributed by atoms with Crippen molar-refractivity contribution in [2.45, 2.75) is 19.3 Å². The van der Waals surface area contributed by atoms with Crippen LogP contribution in [0.15, 0.2) is 12.4 Å². The molecule has 4 heterocycles. The van der Waals surface area contributed by atoms with E-state index in [2.05, 4.69) is 26.8 Å². The van der Waals surface area contributed by atoms with Gasteiger partial charge in [-0.2, -0.15) is 0 Å². The van der Waals surface area contributed by atoms with Gasteiger partial charge in [0.25, 0.3) is 5.91 Å². The normalized spacial score (nSPS) is 27.9. The highest BCUT2D eigenvalue weighted by molar-refractivity contribution is 5.93. The van der Waals surface area contributed by atoms with Crippen molar-refractivity contribution in [3.63, 3.8) is 0 Å². The molecule has 0 bridgehead atoms. The van der Waals surface area contributed by atoms with Crippen LogP contribution < -0.4 is 4.90 Å². The second-order valence-corrected chi connectivity index (χ2v) is 7.69. The first-order chi connectivity index (χ1) is 12.2. The van der Waals surface area contributed by atoms with Gasteiger partial charge >= 0.3 is 0 Å². The number of piperidine rings is 1. The summed E-state index contributed by atoms with van der Waals surface area (Å²) in [4.78, 5) is 28.2. The molecule has 0 N–H and O–H groups in total. The number of anilines is 1. The summed E-state index contributed by atoms with van der Waals surface area (Å²) >= 11 is 0. The summed E-state index contributed by atoms with van der Waals surface area (Å²) in [7, 11) is 2.17. The van der Waals surface area contributed by atoms with Crippen LogP contribution in [0.5, 0.6) is 0 Å². The molecule has 3 saturated heterocycles. The van der Waals surface area contributed by atoms with Gasteiger partial charge < -0.3 is 19.4 Å². The molecule has 3 aliphatic heterocycles. The Balaban J connectivity index is 1.43. The molecule has 0 aliphatic carbocycles. The Morgan fingerprint density at radius 3 is 2.52 bits per heavy atom. The van der Waals surface area contributed by atoms with Crippen molar-refractivity contribution in [1.82, 2.24) is 19.8 Å². The molecule has 3 aliphatic rings. The molecule has 1 spiro atoms. The number of morpholine rings is 1. The van der Waals surface area contributed by atoms with Gasteiger partial charge in [-0.15, -0.1) is 0 Å². The zero-order valence-electron chi connectivity index (χ0n) is 15.0. The summed E-state index contributed by atoms with van der Waals surface area (Å²) in [6.45, 7) is 6.95. The maximum Gasteiger partial charge on any atom is 0.257 e. The average Bonchev–Trinajstić information content (AvgIpc) is 3.01. The van der Waals surface area contributed by atoms with Crippen LogP contribution in [0.2, 0.25) is 0 Å². The second-order valence-electron chi connectivity index (χ2n) is 7.69. The van der Waals surface area contributed by atoms with Gasteiger partial charge in [-0.1, -0.05) is 0 Å². The highest BCUT2D eigenvalue weighted by atomic mass is 16.5. The van der Waals surface area contributed by atoms with Crippen molar-refractivity contribution >= 4 is 11.9 Å². The third kappa shape index (κ3) is 3.48. The minimum Gasteiger partial charge on any atom is -0.378 e. The number of carbonyl (C=O) groups excluding carboxylic acids is 1. The van der Waals surface area contributed by atoms with Gasteiger partial charge in [0.15, 0.2) is 0 Å². The molecule has 1 aromatic rings. The van der Waals surface area contributed by atoms with Crippen LogP contribution in [0.1, 0.15) is 29.6 Å². The maximum absolute atomic E-state index is 12.9. The number of carbonyl (C=O) groups is 1. The summed E-state index contributed by atoms with van der Waals surface area (Å²) in [6, 6.07) is 0. The number of rotatable bonds is 2. The second kappa shape index (κ2) is 6.88. The summed E-state index contributed by atoms with van der Waals surface area (Å²) in [5.41, 5.74) is 0.887. The monoisotopic (exact) mass is 345 g/mol. The van der Waals surface area contributed by atoms with E-state index in [1.165, 1.54) is 12.8 Å². The predicted octanol–water partition coefficient (Wildman–Crippen LogP) is 0.871. The summed E-state index contributed by atoms with van der Waals surface area (Å²) < 4.78 is 5.35. The smallest absolute Gasteiger partial charge is 0.257 e. The molecule has 1 amide bonds. The van der Waals surface area contributed by atoms with Gasteiger partial charge in [0.1, 0.15) is 0 Å². The topological polar surface area (TPSA) is 61.8 Å². The summed E-state index contributed by atoms with van der Waals surface area (Å²) in [6.07, 6.45) is 6.88.